The van der Waals surface area contributed by atoms with Crippen LogP contribution in [0.25, 0.3) is 10.8 Å². The number of rotatable bonds is 5. The van der Waals surface area contributed by atoms with Crippen LogP contribution in [-0.2, 0) is 22.3 Å². The molecule has 1 aliphatic rings. The monoisotopic (exact) mass is 521 g/mol. The lowest BCUT2D eigenvalue weighted by molar-refractivity contribution is -0.139. The quantitative estimate of drug-likeness (QED) is 0.514. The number of aryl methyl sites for hydroxylation is 1. The van der Waals surface area contributed by atoms with E-state index >= 15 is 0 Å². The normalized spacial score (nSPS) is 16.4. The van der Waals surface area contributed by atoms with Gasteiger partial charge in [-0.25, -0.2) is 0 Å². The average molecular weight is 522 g/mol. The van der Waals surface area contributed by atoms with Crippen molar-refractivity contribution in [2.24, 2.45) is 0 Å². The second-order valence-corrected chi connectivity index (χ2v) is 8.54. The Hall–Kier alpha value is -3.30. The van der Waals surface area contributed by atoms with Crippen LogP contribution in [0.4, 0.5) is 18.9 Å². The van der Waals surface area contributed by atoms with E-state index in [0.29, 0.717) is 0 Å². The van der Waals surface area contributed by atoms with Gasteiger partial charge in [0.2, 0.25) is 5.91 Å². The van der Waals surface area contributed by atoms with Crippen molar-refractivity contribution in [3.05, 3.63) is 71.3 Å². The van der Waals surface area contributed by atoms with E-state index in [1.165, 1.54) is 17.0 Å². The summed E-state index contributed by atoms with van der Waals surface area (Å²) < 4.78 is 47.1. The summed E-state index contributed by atoms with van der Waals surface area (Å²) in [6, 6.07) is 13.3. The van der Waals surface area contributed by atoms with Gasteiger partial charge in [0.05, 0.1) is 23.8 Å². The highest BCUT2D eigenvalue weighted by atomic mass is 35.5. The Morgan fingerprint density at radius 2 is 1.86 bits per heavy atom. The van der Waals surface area contributed by atoms with Gasteiger partial charge >= 0.3 is 6.18 Å². The van der Waals surface area contributed by atoms with Gasteiger partial charge in [-0.05, 0) is 54.9 Å². The van der Waals surface area contributed by atoms with Crippen LogP contribution in [0.3, 0.4) is 0 Å². The molecular formula is C26H27ClF3N3O3. The van der Waals surface area contributed by atoms with Crippen molar-refractivity contribution >= 4 is 40.7 Å². The molecule has 0 radical (unpaired) electrons. The van der Waals surface area contributed by atoms with Crippen LogP contribution < -0.4 is 20.3 Å². The topological polar surface area (TPSA) is 70.7 Å². The molecule has 1 aliphatic heterocycles. The highest BCUT2D eigenvalue weighted by molar-refractivity contribution is 6.02. The van der Waals surface area contributed by atoms with E-state index in [2.05, 4.69) is 10.6 Å². The second-order valence-electron chi connectivity index (χ2n) is 8.54. The van der Waals surface area contributed by atoms with Gasteiger partial charge < -0.3 is 20.3 Å². The maximum Gasteiger partial charge on any atom is 0.420 e. The number of nitrogens with one attached hydrogen (secondary N) is 2. The minimum Gasteiger partial charge on any atom is -0.488 e. The molecule has 36 heavy (non-hydrogen) atoms. The van der Waals surface area contributed by atoms with E-state index in [1.807, 2.05) is 43.3 Å². The number of para-hydroxylation sites is 1. The van der Waals surface area contributed by atoms with E-state index in [0.717, 1.165) is 28.0 Å². The zero-order chi connectivity index (χ0) is 25.3. The molecule has 2 amide bonds. The number of benzene rings is 3. The first-order valence-corrected chi connectivity index (χ1v) is 11.2. The lowest BCUT2D eigenvalue weighted by atomic mass is 9.98. The first kappa shape index (κ1) is 27.3. The van der Waals surface area contributed by atoms with Crippen LogP contribution in [0.2, 0.25) is 0 Å². The van der Waals surface area contributed by atoms with E-state index in [1.54, 1.807) is 14.0 Å². The van der Waals surface area contributed by atoms with Gasteiger partial charge in [0, 0.05) is 0 Å². The predicted octanol–water partition coefficient (Wildman–Crippen LogP) is 4.61. The van der Waals surface area contributed by atoms with Crippen LogP contribution in [0.15, 0.2) is 54.6 Å². The summed E-state index contributed by atoms with van der Waals surface area (Å²) in [7, 11) is 1.59. The molecule has 3 aromatic carbocycles. The number of ether oxygens (including phenoxy) is 1. The number of amides is 2. The number of likely N-dealkylation sites (N-methyl/N-ethyl adjacent to an activating group) is 1. The molecule has 0 aromatic heterocycles. The molecule has 0 fully saturated rings. The number of hydrogen-bond donors (Lipinski definition) is 2. The minimum atomic E-state index is -4.68. The molecule has 2 unspecified atom stereocenters. The Bertz CT molecular complexity index is 1280. The molecule has 0 saturated heterocycles. The molecule has 0 saturated carbocycles. The minimum absolute atomic E-state index is 0. The fourth-order valence-corrected chi connectivity index (χ4v) is 4.16. The summed E-state index contributed by atoms with van der Waals surface area (Å²) >= 11 is 0. The van der Waals surface area contributed by atoms with Crippen LogP contribution in [-0.4, -0.2) is 37.6 Å². The fraction of sp³-hybridized carbons (Fsp3) is 0.308. The molecule has 0 bridgehead atoms. The third kappa shape index (κ3) is 5.27. The number of nitrogens with zero attached hydrogens (tertiary/aromatic N) is 1. The van der Waals surface area contributed by atoms with Crippen LogP contribution in [0.5, 0.6) is 5.75 Å². The maximum atomic E-state index is 13.8. The number of hydrogen-bond acceptors (Lipinski definition) is 4. The smallest absolute Gasteiger partial charge is 0.420 e. The van der Waals surface area contributed by atoms with Gasteiger partial charge in [-0.3, -0.25) is 9.59 Å². The Labute approximate surface area is 213 Å². The number of halogens is 4. The number of anilines is 1. The third-order valence-corrected chi connectivity index (χ3v) is 6.28. The second kappa shape index (κ2) is 10.8. The number of carbonyl (C=O) groups excluding carboxylic acids is 2. The zero-order valence-electron chi connectivity index (χ0n) is 20.0. The molecule has 10 heteroatoms. The predicted molar refractivity (Wildman–Crippen MR) is 135 cm³/mol. The first-order chi connectivity index (χ1) is 16.6. The Morgan fingerprint density at radius 3 is 2.56 bits per heavy atom. The zero-order valence-corrected chi connectivity index (χ0v) is 20.8. The molecule has 2 atom stereocenters. The average Bonchev–Trinajstić information content (AvgIpc) is 2.96. The Balaban J connectivity index is 0.00000361. The van der Waals surface area contributed by atoms with E-state index in [-0.39, 0.29) is 24.6 Å². The highest BCUT2D eigenvalue weighted by Gasteiger charge is 2.40. The number of alkyl halides is 3. The molecule has 0 aliphatic carbocycles. The van der Waals surface area contributed by atoms with Crippen LogP contribution in [0, 0.1) is 6.92 Å². The van der Waals surface area contributed by atoms with E-state index in [4.69, 9.17) is 4.74 Å². The van der Waals surface area contributed by atoms with Crippen molar-refractivity contribution in [1.29, 1.82) is 0 Å². The lowest BCUT2D eigenvalue weighted by Crippen LogP contribution is -2.53. The summed E-state index contributed by atoms with van der Waals surface area (Å²) in [5.74, 6) is -1.44. The maximum absolute atomic E-state index is 13.8. The molecular weight excluding hydrogens is 495 g/mol. The van der Waals surface area contributed by atoms with Gasteiger partial charge in [0.25, 0.3) is 5.91 Å². The van der Waals surface area contributed by atoms with E-state index in [9.17, 15) is 22.8 Å². The van der Waals surface area contributed by atoms with Crippen molar-refractivity contribution in [3.63, 3.8) is 0 Å². The molecule has 2 N–H and O–H groups in total. The standard InChI is InChI=1S/C26H26F3N3O3.ClH/c1-15-11-12-17-7-4-5-8-18(17)19(15)13-32-22-10-6-9-20(26(27,28)29)23(22)35-14-21(25(32)34)31-24(33)16(2)30-3;/h4-12,16,21,30H,13-14H2,1-3H3,(H,31,33);1H. The number of carbonyl (C=O) groups is 2. The Morgan fingerprint density at radius 1 is 1.14 bits per heavy atom. The van der Waals surface area contributed by atoms with Crippen molar-refractivity contribution in [2.45, 2.75) is 38.7 Å². The summed E-state index contributed by atoms with van der Waals surface area (Å²) in [6.45, 7) is 3.09. The first-order valence-electron chi connectivity index (χ1n) is 11.2. The summed E-state index contributed by atoms with van der Waals surface area (Å²) in [5, 5.41) is 7.24. The van der Waals surface area contributed by atoms with Crippen molar-refractivity contribution in [1.82, 2.24) is 10.6 Å². The van der Waals surface area contributed by atoms with Gasteiger partial charge in [0.1, 0.15) is 12.6 Å². The summed E-state index contributed by atoms with van der Waals surface area (Å²) in [5.41, 5.74) is 0.726. The molecule has 1 heterocycles. The van der Waals surface area contributed by atoms with Gasteiger partial charge in [-0.15, -0.1) is 12.4 Å². The molecule has 6 nitrogen and oxygen atoms in total. The van der Waals surface area contributed by atoms with E-state index < -0.39 is 48.0 Å². The van der Waals surface area contributed by atoms with Crippen molar-refractivity contribution in [3.8, 4) is 5.75 Å². The highest BCUT2D eigenvalue weighted by Crippen LogP contribution is 2.43. The fourth-order valence-electron chi connectivity index (χ4n) is 4.16. The Kier molecular flexibility index (Phi) is 8.15. The van der Waals surface area contributed by atoms with Crippen LogP contribution >= 0.6 is 12.4 Å². The van der Waals surface area contributed by atoms with Crippen molar-refractivity contribution in [2.75, 3.05) is 18.6 Å². The molecule has 0 spiro atoms. The lowest BCUT2D eigenvalue weighted by Gasteiger charge is -2.27. The van der Waals surface area contributed by atoms with Gasteiger partial charge in [0.15, 0.2) is 5.75 Å². The van der Waals surface area contributed by atoms with Gasteiger partial charge in [-0.2, -0.15) is 13.2 Å². The SMILES string of the molecule is CNC(C)C(=O)NC1COc2c(cccc2C(F)(F)F)N(Cc2c(C)ccc3ccccc23)C1=O.Cl. The third-order valence-electron chi connectivity index (χ3n) is 6.28. The number of fused-ring (bicyclic) bond motifs is 2. The van der Waals surface area contributed by atoms with Gasteiger partial charge in [-0.1, -0.05) is 42.5 Å². The summed E-state index contributed by atoms with van der Waals surface area (Å²) in [4.78, 5) is 27.5. The van der Waals surface area contributed by atoms with Crippen molar-refractivity contribution < 1.29 is 27.5 Å². The summed E-state index contributed by atoms with van der Waals surface area (Å²) in [6.07, 6.45) is -4.68. The molecule has 4 rings (SSSR count). The molecule has 192 valence electrons. The van der Waals surface area contributed by atoms with Crippen LogP contribution in [0.1, 0.15) is 23.6 Å². The molecule has 3 aromatic rings. The largest absolute Gasteiger partial charge is 0.488 e.